The van der Waals surface area contributed by atoms with E-state index in [2.05, 4.69) is 10.6 Å². The highest BCUT2D eigenvalue weighted by atomic mass is 16.7. The fourth-order valence-corrected chi connectivity index (χ4v) is 7.35. The largest absolute Gasteiger partial charge is 0.464 e. The first kappa shape index (κ1) is 43.8. The summed E-state index contributed by atoms with van der Waals surface area (Å²) in [6, 6.07) is 23.1. The van der Waals surface area contributed by atoms with E-state index >= 15 is 0 Å². The number of amides is 2. The van der Waals surface area contributed by atoms with E-state index in [0.717, 1.165) is 49.9 Å². The van der Waals surface area contributed by atoms with Gasteiger partial charge in [-0.25, -0.2) is 9.59 Å². The van der Waals surface area contributed by atoms with Gasteiger partial charge in [0.15, 0.2) is 18.3 Å². The number of ether oxygens (including phenoxy) is 7. The molecule has 0 radical (unpaired) electrons. The first-order valence-electron chi connectivity index (χ1n) is 19.2. The number of carbonyl (C=O) groups is 7. The molecule has 5 rings (SSSR count). The van der Waals surface area contributed by atoms with Gasteiger partial charge in [-0.2, -0.15) is 0 Å². The van der Waals surface area contributed by atoms with Gasteiger partial charge in [0.25, 0.3) is 0 Å². The number of hydrogen-bond donors (Lipinski definition) is 2. The van der Waals surface area contributed by atoms with Crippen LogP contribution in [-0.4, -0.2) is 105 Å². The van der Waals surface area contributed by atoms with Crippen LogP contribution in [0.4, 0.5) is 4.79 Å². The second-order valence-electron chi connectivity index (χ2n) is 14.0. The Bertz CT molecular complexity index is 1960. The van der Waals surface area contributed by atoms with Gasteiger partial charge in [0.2, 0.25) is 5.91 Å². The van der Waals surface area contributed by atoms with E-state index in [1.54, 1.807) is 37.3 Å². The third kappa shape index (κ3) is 11.4. The number of benzene rings is 3. The number of hydrogen-bond acceptors (Lipinski definition) is 14. The highest BCUT2D eigenvalue weighted by Gasteiger charge is 2.55. The lowest BCUT2D eigenvalue weighted by Crippen LogP contribution is -2.66. The number of esters is 5. The molecule has 16 nitrogen and oxygen atoms in total. The molecule has 0 spiro atoms. The summed E-state index contributed by atoms with van der Waals surface area (Å²) in [5.74, 6) is -6.79. The molecule has 3 aromatic carbocycles. The van der Waals surface area contributed by atoms with Crippen molar-refractivity contribution < 1.29 is 66.7 Å². The lowest BCUT2D eigenvalue weighted by atomic mass is 9.86. The molecule has 0 aromatic heterocycles. The SMILES string of the molecule is CCOC(=O)[C@H](Cc1ccccc1)NC(=O)[C@H](CNC(=O)OCC1c2ccccc2-c2ccccc21)[C@@H]1O[C@H](COC(C)=O)[C@@H](OC(C)=O)[C@H](OC(C)=O)[C@H]1OC(C)=O. The monoisotopic (exact) mass is 816 g/mol. The molecule has 3 aromatic rings. The molecule has 0 unspecified atom stereocenters. The quantitative estimate of drug-likeness (QED) is 0.157. The minimum Gasteiger partial charge on any atom is -0.464 e. The van der Waals surface area contributed by atoms with E-state index in [1.165, 1.54) is 0 Å². The van der Waals surface area contributed by atoms with Gasteiger partial charge in [-0.15, -0.1) is 0 Å². The van der Waals surface area contributed by atoms with Gasteiger partial charge in [0.05, 0.1) is 12.5 Å². The smallest absolute Gasteiger partial charge is 0.407 e. The third-order valence-corrected chi connectivity index (χ3v) is 9.74. The molecule has 0 bridgehead atoms. The van der Waals surface area contributed by atoms with Crippen LogP contribution in [0.25, 0.3) is 11.1 Å². The Balaban J connectivity index is 1.49. The molecule has 2 amide bonds. The van der Waals surface area contributed by atoms with Crippen LogP contribution in [0.15, 0.2) is 78.9 Å². The molecule has 16 heteroatoms. The molecule has 2 aliphatic rings. The lowest BCUT2D eigenvalue weighted by Gasteiger charge is -2.46. The summed E-state index contributed by atoms with van der Waals surface area (Å²) in [6.07, 6.45) is -8.64. The predicted molar refractivity (Wildman–Crippen MR) is 207 cm³/mol. The van der Waals surface area contributed by atoms with E-state index in [4.69, 9.17) is 33.2 Å². The van der Waals surface area contributed by atoms with Crippen LogP contribution in [0.3, 0.4) is 0 Å². The molecule has 0 saturated carbocycles. The van der Waals surface area contributed by atoms with Crippen LogP contribution >= 0.6 is 0 Å². The first-order chi connectivity index (χ1) is 28.3. The second kappa shape index (κ2) is 20.4. The Morgan fingerprint density at radius 3 is 1.78 bits per heavy atom. The van der Waals surface area contributed by atoms with Crippen LogP contribution in [-0.2, 0) is 68.3 Å². The van der Waals surface area contributed by atoms with Crippen LogP contribution in [0, 0.1) is 5.92 Å². The van der Waals surface area contributed by atoms with E-state index in [1.807, 2.05) is 48.5 Å². The number of carbonyl (C=O) groups excluding carboxylic acids is 7. The normalized spacial score (nSPS) is 20.3. The average molecular weight is 817 g/mol. The van der Waals surface area contributed by atoms with E-state index in [9.17, 15) is 33.6 Å². The number of alkyl carbamates (subject to hydrolysis) is 1. The van der Waals surface area contributed by atoms with Crippen molar-refractivity contribution in [3.05, 3.63) is 95.6 Å². The Labute approximate surface area is 341 Å². The molecule has 1 heterocycles. The van der Waals surface area contributed by atoms with Gasteiger partial charge < -0.3 is 43.8 Å². The molecule has 1 aliphatic carbocycles. The Hall–Kier alpha value is -6.29. The zero-order valence-corrected chi connectivity index (χ0v) is 33.4. The topological polar surface area (TPSA) is 208 Å². The van der Waals surface area contributed by atoms with Gasteiger partial charge in [-0.3, -0.25) is 24.0 Å². The summed E-state index contributed by atoms with van der Waals surface area (Å²) in [7, 11) is 0. The van der Waals surface area contributed by atoms with E-state index in [-0.39, 0.29) is 25.6 Å². The van der Waals surface area contributed by atoms with Crippen molar-refractivity contribution in [2.45, 2.75) is 83.5 Å². The summed E-state index contributed by atoms with van der Waals surface area (Å²) in [4.78, 5) is 90.9. The van der Waals surface area contributed by atoms with Crippen molar-refractivity contribution in [1.29, 1.82) is 0 Å². The molecule has 314 valence electrons. The molecule has 59 heavy (non-hydrogen) atoms. The fraction of sp³-hybridized carbons (Fsp3) is 0.419. The van der Waals surface area contributed by atoms with Crippen LogP contribution in [0.1, 0.15) is 57.2 Å². The Morgan fingerprint density at radius 2 is 1.20 bits per heavy atom. The fourth-order valence-electron chi connectivity index (χ4n) is 7.35. The van der Waals surface area contributed by atoms with Gasteiger partial charge in [0.1, 0.15) is 31.5 Å². The van der Waals surface area contributed by atoms with Crippen LogP contribution in [0.2, 0.25) is 0 Å². The van der Waals surface area contributed by atoms with E-state index in [0.29, 0.717) is 5.56 Å². The lowest BCUT2D eigenvalue weighted by molar-refractivity contribution is -0.259. The van der Waals surface area contributed by atoms with Crippen molar-refractivity contribution in [2.75, 3.05) is 26.4 Å². The molecule has 7 atom stereocenters. The summed E-state index contributed by atoms with van der Waals surface area (Å²) in [6.45, 7) is 4.80. The zero-order chi connectivity index (χ0) is 42.6. The Kier molecular flexibility index (Phi) is 15.2. The van der Waals surface area contributed by atoms with Crippen molar-refractivity contribution in [1.82, 2.24) is 10.6 Å². The van der Waals surface area contributed by atoms with E-state index < -0.39 is 97.5 Å². The average Bonchev–Trinajstić information content (AvgIpc) is 3.51. The van der Waals surface area contributed by atoms with Crippen LogP contribution < -0.4 is 10.6 Å². The van der Waals surface area contributed by atoms with Crippen molar-refractivity contribution in [3.63, 3.8) is 0 Å². The minimum atomic E-state index is -1.65. The van der Waals surface area contributed by atoms with Crippen molar-refractivity contribution in [2.24, 2.45) is 5.92 Å². The van der Waals surface area contributed by atoms with Gasteiger partial charge in [-0.1, -0.05) is 78.9 Å². The predicted octanol–water partition coefficient (Wildman–Crippen LogP) is 3.56. The molecular weight excluding hydrogens is 768 g/mol. The molecular formula is C43H48N2O14. The summed E-state index contributed by atoms with van der Waals surface area (Å²) >= 11 is 0. The maximum absolute atomic E-state index is 14.6. The zero-order valence-electron chi connectivity index (χ0n) is 33.4. The summed E-state index contributed by atoms with van der Waals surface area (Å²) < 4.78 is 39.3. The standard InChI is InChI=1S/C43H48N2O14/c1-6-53-42(51)35(20-28-14-8-7-9-15-28)45-41(50)33(21-44-43(52)55-22-34-31-18-12-10-16-29(31)30-17-11-13-19-32(30)34)37-39(57-26(4)48)40(58-27(5)49)38(56-25(3)47)36(59-37)23-54-24(2)46/h7-19,33-40H,6,20-23H2,1-5H3,(H,44,52)(H,45,50)/t33-,35+,36-,37+,38-,39+,40+/m1/s1. The third-order valence-electron chi connectivity index (χ3n) is 9.74. The Morgan fingerprint density at radius 1 is 0.644 bits per heavy atom. The molecule has 1 saturated heterocycles. The van der Waals surface area contributed by atoms with Gasteiger partial charge >= 0.3 is 35.9 Å². The molecule has 1 fully saturated rings. The maximum Gasteiger partial charge on any atom is 0.407 e. The summed E-state index contributed by atoms with van der Waals surface area (Å²) in [5.41, 5.74) is 4.67. The van der Waals surface area contributed by atoms with Crippen LogP contribution in [0.5, 0.6) is 0 Å². The first-order valence-corrected chi connectivity index (χ1v) is 19.2. The highest BCUT2D eigenvalue weighted by molar-refractivity contribution is 5.87. The number of fused-ring (bicyclic) bond motifs is 3. The summed E-state index contributed by atoms with van der Waals surface area (Å²) in [5, 5.41) is 5.31. The highest BCUT2D eigenvalue weighted by Crippen LogP contribution is 2.44. The number of nitrogens with one attached hydrogen (secondary N) is 2. The maximum atomic E-state index is 14.6. The van der Waals surface area contributed by atoms with Gasteiger partial charge in [0, 0.05) is 46.6 Å². The second-order valence-corrected chi connectivity index (χ2v) is 14.0. The van der Waals surface area contributed by atoms with Gasteiger partial charge in [-0.05, 0) is 34.7 Å². The van der Waals surface area contributed by atoms with Crippen molar-refractivity contribution >= 4 is 41.8 Å². The minimum absolute atomic E-state index is 0.00640. The molecule has 2 N–H and O–H groups in total. The van der Waals surface area contributed by atoms with Crippen molar-refractivity contribution in [3.8, 4) is 11.1 Å². The number of rotatable bonds is 16. The molecule has 1 aliphatic heterocycles.